The molecule has 0 rings (SSSR count). The summed E-state index contributed by atoms with van der Waals surface area (Å²) in [6, 6.07) is 0. The molecule has 0 aromatic carbocycles. The van der Waals surface area contributed by atoms with Gasteiger partial charge in [-0.1, -0.05) is 13.8 Å². The van der Waals surface area contributed by atoms with Crippen LogP contribution >= 0.6 is 0 Å². The number of carbonyl (C=O) groups excluding carboxylic acids is 2. The number of carbonyl (C=O) groups is 2. The van der Waals surface area contributed by atoms with Crippen molar-refractivity contribution in [3.8, 4) is 0 Å². The molecule has 0 saturated heterocycles. The SMILES string of the molecule is [CH2]C(C)CB(NC=O)NC=O. The van der Waals surface area contributed by atoms with Crippen molar-refractivity contribution < 1.29 is 9.59 Å². The van der Waals surface area contributed by atoms with Crippen molar-refractivity contribution in [2.24, 2.45) is 5.92 Å². The largest absolute Gasteiger partial charge is 0.382 e. The molecule has 2 N–H and O–H groups in total. The van der Waals surface area contributed by atoms with E-state index in [1.54, 1.807) is 0 Å². The van der Waals surface area contributed by atoms with Gasteiger partial charge in [0.1, 0.15) is 0 Å². The fourth-order valence-electron chi connectivity index (χ4n) is 0.751. The van der Waals surface area contributed by atoms with Crippen molar-refractivity contribution >= 4 is 19.8 Å². The summed E-state index contributed by atoms with van der Waals surface area (Å²) in [5, 5.41) is 4.90. The summed E-state index contributed by atoms with van der Waals surface area (Å²) in [6.07, 6.45) is 1.75. The van der Waals surface area contributed by atoms with E-state index in [1.807, 2.05) is 6.92 Å². The van der Waals surface area contributed by atoms with E-state index in [1.165, 1.54) is 0 Å². The normalized spacial score (nSPS) is 9.00. The van der Waals surface area contributed by atoms with Crippen LogP contribution < -0.4 is 10.5 Å². The van der Waals surface area contributed by atoms with Gasteiger partial charge in [0, 0.05) is 0 Å². The quantitative estimate of drug-likeness (QED) is 0.398. The summed E-state index contributed by atoms with van der Waals surface area (Å²) in [6.45, 7) is 5.35. The molecule has 0 fully saturated rings. The maximum atomic E-state index is 9.98. The minimum absolute atomic E-state index is 0.194. The van der Waals surface area contributed by atoms with E-state index >= 15 is 0 Å². The van der Waals surface area contributed by atoms with Crippen molar-refractivity contribution in [2.75, 3.05) is 0 Å². The highest BCUT2D eigenvalue weighted by molar-refractivity contribution is 6.57. The predicted molar refractivity (Wildman–Crippen MR) is 43.5 cm³/mol. The second-order valence-electron chi connectivity index (χ2n) is 2.46. The third-order valence-corrected chi connectivity index (χ3v) is 1.18. The van der Waals surface area contributed by atoms with Gasteiger partial charge in [-0.2, -0.15) is 0 Å². The molecule has 0 heterocycles. The molecular formula is C6H12BN2O2. The molecule has 4 nitrogen and oxygen atoms in total. The van der Waals surface area contributed by atoms with Crippen molar-refractivity contribution in [1.29, 1.82) is 0 Å². The van der Waals surface area contributed by atoms with E-state index in [9.17, 15) is 9.59 Å². The van der Waals surface area contributed by atoms with Crippen LogP contribution in [-0.4, -0.2) is 19.8 Å². The van der Waals surface area contributed by atoms with Crippen LogP contribution in [0.2, 0.25) is 6.32 Å². The van der Waals surface area contributed by atoms with Crippen molar-refractivity contribution in [3.05, 3.63) is 6.92 Å². The van der Waals surface area contributed by atoms with Gasteiger partial charge in [-0.3, -0.25) is 9.59 Å². The number of rotatable bonds is 6. The summed E-state index contributed by atoms with van der Waals surface area (Å²) in [4.78, 5) is 20.0. The van der Waals surface area contributed by atoms with Gasteiger partial charge in [-0.25, -0.2) is 0 Å². The average Bonchev–Trinajstić information content (AvgIpc) is 1.87. The number of nitrogens with one attached hydrogen (secondary N) is 2. The van der Waals surface area contributed by atoms with E-state index in [4.69, 9.17) is 0 Å². The molecule has 2 amide bonds. The molecule has 11 heavy (non-hydrogen) atoms. The van der Waals surface area contributed by atoms with Gasteiger partial charge >= 0.3 is 6.98 Å². The van der Waals surface area contributed by atoms with Crippen LogP contribution in [0.1, 0.15) is 6.92 Å². The topological polar surface area (TPSA) is 58.2 Å². The van der Waals surface area contributed by atoms with Gasteiger partial charge < -0.3 is 10.5 Å². The highest BCUT2D eigenvalue weighted by atomic mass is 16.1. The van der Waals surface area contributed by atoms with Gasteiger partial charge in [0.25, 0.3) is 0 Å². The molecule has 0 aromatic rings. The van der Waals surface area contributed by atoms with Gasteiger partial charge in [-0.15, -0.1) is 0 Å². The first-order valence-corrected chi connectivity index (χ1v) is 3.43. The van der Waals surface area contributed by atoms with Crippen molar-refractivity contribution in [2.45, 2.75) is 13.2 Å². The monoisotopic (exact) mass is 155 g/mol. The molecular weight excluding hydrogens is 143 g/mol. The fraction of sp³-hybridized carbons (Fsp3) is 0.500. The Balaban J connectivity index is 3.67. The zero-order valence-corrected chi connectivity index (χ0v) is 6.54. The van der Waals surface area contributed by atoms with Crippen LogP contribution in [0, 0.1) is 12.8 Å². The molecule has 0 aliphatic heterocycles. The smallest absolute Gasteiger partial charge is 0.374 e. The first kappa shape index (κ1) is 10.0. The Labute approximate surface area is 66.9 Å². The molecule has 0 saturated carbocycles. The average molecular weight is 155 g/mol. The second-order valence-corrected chi connectivity index (χ2v) is 2.46. The first-order chi connectivity index (χ1) is 5.20. The number of amides is 2. The van der Waals surface area contributed by atoms with Crippen LogP contribution in [0.25, 0.3) is 0 Å². The zero-order valence-electron chi connectivity index (χ0n) is 6.54. The Morgan fingerprint density at radius 3 is 2.18 bits per heavy atom. The molecule has 0 aliphatic rings. The highest BCUT2D eigenvalue weighted by Crippen LogP contribution is 1.99. The van der Waals surface area contributed by atoms with Crippen LogP contribution in [-0.2, 0) is 9.59 Å². The fourth-order valence-corrected chi connectivity index (χ4v) is 0.751. The summed E-state index contributed by atoms with van der Waals surface area (Å²) in [5.74, 6) is 0.194. The highest BCUT2D eigenvalue weighted by Gasteiger charge is 2.14. The Morgan fingerprint density at radius 2 is 1.91 bits per heavy atom. The Kier molecular flexibility index (Phi) is 5.24. The van der Waals surface area contributed by atoms with Gasteiger partial charge in [0.2, 0.25) is 0 Å². The first-order valence-electron chi connectivity index (χ1n) is 3.43. The standard InChI is InChI=1S/C6H12BN2O2/c1-6(2)3-7(8-4-10)9-5-11/h4-6H,1,3H2,2H3,(H,8,10)(H,9,11). The minimum atomic E-state index is -0.294. The lowest BCUT2D eigenvalue weighted by Crippen LogP contribution is -2.46. The number of hydrogen-bond donors (Lipinski definition) is 2. The molecule has 1 unspecified atom stereocenters. The maximum absolute atomic E-state index is 9.98. The molecule has 5 heteroatoms. The summed E-state index contributed by atoms with van der Waals surface area (Å²) in [7, 11) is 0. The minimum Gasteiger partial charge on any atom is -0.382 e. The van der Waals surface area contributed by atoms with E-state index in [0.29, 0.717) is 19.1 Å². The van der Waals surface area contributed by atoms with Gasteiger partial charge in [0.05, 0.1) is 0 Å². The summed E-state index contributed by atoms with van der Waals surface area (Å²) in [5.41, 5.74) is 0. The lowest BCUT2D eigenvalue weighted by atomic mass is 9.69. The third kappa shape index (κ3) is 5.45. The van der Waals surface area contributed by atoms with E-state index < -0.39 is 0 Å². The van der Waals surface area contributed by atoms with Crippen LogP contribution in [0.4, 0.5) is 0 Å². The van der Waals surface area contributed by atoms with Crippen LogP contribution in [0.15, 0.2) is 0 Å². The van der Waals surface area contributed by atoms with Gasteiger partial charge in [-0.05, 0) is 12.2 Å². The maximum Gasteiger partial charge on any atom is 0.374 e. The van der Waals surface area contributed by atoms with Gasteiger partial charge in [0.15, 0.2) is 12.8 Å². The van der Waals surface area contributed by atoms with Crippen molar-refractivity contribution in [3.63, 3.8) is 0 Å². The summed E-state index contributed by atoms with van der Waals surface area (Å²) < 4.78 is 0. The van der Waals surface area contributed by atoms with E-state index in [-0.39, 0.29) is 12.9 Å². The predicted octanol–water partition coefficient (Wildman–Crippen LogP) is -0.563. The van der Waals surface area contributed by atoms with E-state index in [2.05, 4.69) is 17.4 Å². The van der Waals surface area contributed by atoms with Crippen molar-refractivity contribution in [1.82, 2.24) is 10.5 Å². The van der Waals surface area contributed by atoms with E-state index in [0.717, 1.165) is 0 Å². The summed E-state index contributed by atoms with van der Waals surface area (Å²) >= 11 is 0. The second kappa shape index (κ2) is 5.76. The molecule has 1 atom stereocenters. The third-order valence-electron chi connectivity index (χ3n) is 1.18. The molecule has 0 aliphatic carbocycles. The molecule has 61 valence electrons. The number of hydrogen-bond acceptors (Lipinski definition) is 2. The van der Waals surface area contributed by atoms with Crippen LogP contribution in [0.3, 0.4) is 0 Å². The van der Waals surface area contributed by atoms with Crippen LogP contribution in [0.5, 0.6) is 0 Å². The lowest BCUT2D eigenvalue weighted by molar-refractivity contribution is -0.108. The Morgan fingerprint density at radius 1 is 1.45 bits per heavy atom. The zero-order chi connectivity index (χ0) is 8.69. The Hall–Kier alpha value is -0.995. The molecule has 1 radical (unpaired) electrons. The lowest BCUT2D eigenvalue weighted by Gasteiger charge is -2.11. The molecule has 0 aromatic heterocycles. The molecule has 0 bridgehead atoms. The Bertz CT molecular complexity index is 120. The molecule has 0 spiro atoms.